The Labute approximate surface area is 149 Å². The second-order valence-electron chi connectivity index (χ2n) is 6.82. The number of nitrogens with one attached hydrogen (secondary N) is 1. The predicted octanol–water partition coefficient (Wildman–Crippen LogP) is 4.57. The molecule has 0 fully saturated rings. The average molecular weight is 333 g/mol. The Balaban J connectivity index is 1.69. The number of rotatable bonds is 5. The van der Waals surface area contributed by atoms with Crippen LogP contribution in [-0.2, 0) is 4.74 Å². The third-order valence-corrected chi connectivity index (χ3v) is 4.54. The molecule has 1 amide bonds. The molecule has 0 saturated heterocycles. The van der Waals surface area contributed by atoms with E-state index in [1.54, 1.807) is 0 Å². The van der Waals surface area contributed by atoms with Crippen LogP contribution in [-0.4, -0.2) is 18.7 Å². The molecule has 1 aliphatic rings. The molecule has 0 aliphatic heterocycles. The number of terminal acetylenes is 1. The molecule has 0 aromatic heterocycles. The van der Waals surface area contributed by atoms with Gasteiger partial charge in [-0.3, -0.25) is 0 Å². The molecule has 3 rings (SSSR count). The van der Waals surface area contributed by atoms with Gasteiger partial charge in [-0.2, -0.15) is 0 Å². The smallest absolute Gasteiger partial charge is 0.408 e. The van der Waals surface area contributed by atoms with Gasteiger partial charge >= 0.3 is 6.09 Å². The summed E-state index contributed by atoms with van der Waals surface area (Å²) >= 11 is 0. The van der Waals surface area contributed by atoms with Gasteiger partial charge in [0, 0.05) is 5.92 Å². The minimum atomic E-state index is -0.453. The van der Waals surface area contributed by atoms with E-state index in [1.165, 1.54) is 22.3 Å². The lowest BCUT2D eigenvalue weighted by atomic mass is 9.98. The maximum absolute atomic E-state index is 12.1. The summed E-state index contributed by atoms with van der Waals surface area (Å²) < 4.78 is 5.51. The standard InChI is InChI=1S/C22H23NO2/c1-4-16(13-15(2)3)23-22(24)25-14-21-19-11-7-5-9-17(19)18-10-6-8-12-20(18)21/h1,5-12,15-16,21H,13-14H2,2-3H3,(H,23,24). The van der Waals surface area contributed by atoms with Crippen LogP contribution in [0.15, 0.2) is 48.5 Å². The molecule has 1 aliphatic carbocycles. The van der Waals surface area contributed by atoms with Crippen molar-refractivity contribution in [3.63, 3.8) is 0 Å². The molecular weight excluding hydrogens is 310 g/mol. The number of carbonyl (C=O) groups is 1. The highest BCUT2D eigenvalue weighted by molar-refractivity contribution is 5.79. The van der Waals surface area contributed by atoms with Crippen LogP contribution in [0.1, 0.15) is 37.3 Å². The fraction of sp³-hybridized carbons (Fsp3) is 0.318. The molecule has 2 aromatic rings. The number of benzene rings is 2. The zero-order chi connectivity index (χ0) is 17.8. The number of alkyl carbamates (subject to hydrolysis) is 1. The molecule has 2 aromatic carbocycles. The zero-order valence-electron chi connectivity index (χ0n) is 14.7. The highest BCUT2D eigenvalue weighted by atomic mass is 16.5. The topological polar surface area (TPSA) is 38.3 Å². The summed E-state index contributed by atoms with van der Waals surface area (Å²) in [4.78, 5) is 12.1. The molecular formula is C22H23NO2. The van der Waals surface area contributed by atoms with Crippen molar-refractivity contribution in [1.82, 2.24) is 5.32 Å². The van der Waals surface area contributed by atoms with Crippen LogP contribution in [0.4, 0.5) is 4.79 Å². The van der Waals surface area contributed by atoms with Gasteiger partial charge in [-0.05, 0) is 34.6 Å². The van der Waals surface area contributed by atoms with E-state index < -0.39 is 6.09 Å². The molecule has 1 unspecified atom stereocenters. The van der Waals surface area contributed by atoms with Crippen LogP contribution in [0.3, 0.4) is 0 Å². The average Bonchev–Trinajstić information content (AvgIpc) is 2.93. The van der Waals surface area contributed by atoms with Gasteiger partial charge in [0.05, 0.1) is 6.04 Å². The number of fused-ring (bicyclic) bond motifs is 3. The predicted molar refractivity (Wildman–Crippen MR) is 100 cm³/mol. The third-order valence-electron chi connectivity index (χ3n) is 4.54. The lowest BCUT2D eigenvalue weighted by Crippen LogP contribution is -2.35. The first-order valence-electron chi connectivity index (χ1n) is 8.67. The lowest BCUT2D eigenvalue weighted by Gasteiger charge is -2.17. The Morgan fingerprint density at radius 2 is 1.68 bits per heavy atom. The number of amides is 1. The van der Waals surface area contributed by atoms with Crippen LogP contribution in [0.2, 0.25) is 0 Å². The quantitative estimate of drug-likeness (QED) is 0.814. The number of hydrogen-bond acceptors (Lipinski definition) is 2. The van der Waals surface area contributed by atoms with E-state index >= 15 is 0 Å². The summed E-state index contributed by atoms with van der Waals surface area (Å²) in [6.07, 6.45) is 5.78. The van der Waals surface area contributed by atoms with Gasteiger partial charge in [0.1, 0.15) is 6.61 Å². The van der Waals surface area contributed by atoms with Crippen LogP contribution in [0.5, 0.6) is 0 Å². The molecule has 0 saturated carbocycles. The van der Waals surface area contributed by atoms with Crippen LogP contribution in [0.25, 0.3) is 11.1 Å². The monoisotopic (exact) mass is 333 g/mol. The molecule has 3 heteroatoms. The van der Waals surface area contributed by atoms with Crippen LogP contribution in [0, 0.1) is 18.3 Å². The first-order chi connectivity index (χ1) is 12.1. The van der Waals surface area contributed by atoms with Gasteiger partial charge in [-0.15, -0.1) is 6.42 Å². The minimum absolute atomic E-state index is 0.0625. The van der Waals surface area contributed by atoms with E-state index in [1.807, 2.05) is 24.3 Å². The van der Waals surface area contributed by atoms with Crippen molar-refractivity contribution in [3.05, 3.63) is 59.7 Å². The summed E-state index contributed by atoms with van der Waals surface area (Å²) in [5.41, 5.74) is 4.83. The fourth-order valence-electron chi connectivity index (χ4n) is 3.42. The van der Waals surface area contributed by atoms with Gasteiger partial charge in [-0.1, -0.05) is 68.3 Å². The summed E-state index contributed by atoms with van der Waals surface area (Å²) in [7, 11) is 0. The molecule has 3 nitrogen and oxygen atoms in total. The number of carbonyl (C=O) groups excluding carboxylic acids is 1. The summed E-state index contributed by atoms with van der Waals surface area (Å²) in [5, 5.41) is 2.77. The van der Waals surface area contributed by atoms with Crippen molar-refractivity contribution in [2.75, 3.05) is 6.61 Å². The van der Waals surface area contributed by atoms with Crippen molar-refractivity contribution in [3.8, 4) is 23.5 Å². The Hall–Kier alpha value is -2.73. The molecule has 128 valence electrons. The SMILES string of the molecule is C#CC(CC(C)C)NC(=O)OCC1c2ccccc2-c2ccccc21. The van der Waals surface area contributed by atoms with E-state index in [-0.39, 0.29) is 12.0 Å². The van der Waals surface area contributed by atoms with Crippen molar-refractivity contribution < 1.29 is 9.53 Å². The summed E-state index contributed by atoms with van der Waals surface area (Å²) in [6.45, 7) is 4.45. The second-order valence-corrected chi connectivity index (χ2v) is 6.82. The highest BCUT2D eigenvalue weighted by Gasteiger charge is 2.29. The Morgan fingerprint density at radius 1 is 1.12 bits per heavy atom. The van der Waals surface area contributed by atoms with E-state index in [0.29, 0.717) is 12.5 Å². The lowest BCUT2D eigenvalue weighted by molar-refractivity contribution is 0.140. The molecule has 1 atom stereocenters. The zero-order valence-corrected chi connectivity index (χ0v) is 14.7. The van der Waals surface area contributed by atoms with Gasteiger partial charge in [-0.25, -0.2) is 4.79 Å². The van der Waals surface area contributed by atoms with Gasteiger partial charge in [0.15, 0.2) is 0 Å². The maximum Gasteiger partial charge on any atom is 0.408 e. The summed E-state index contributed by atoms with van der Waals surface area (Å²) in [6, 6.07) is 16.3. The van der Waals surface area contributed by atoms with E-state index in [4.69, 9.17) is 11.2 Å². The Morgan fingerprint density at radius 3 is 2.20 bits per heavy atom. The van der Waals surface area contributed by atoms with Crippen molar-refractivity contribution in [2.45, 2.75) is 32.2 Å². The molecule has 0 spiro atoms. The van der Waals surface area contributed by atoms with Gasteiger partial charge < -0.3 is 10.1 Å². The Kier molecular flexibility index (Phi) is 5.09. The van der Waals surface area contributed by atoms with Crippen molar-refractivity contribution in [1.29, 1.82) is 0 Å². The van der Waals surface area contributed by atoms with Crippen molar-refractivity contribution in [2.24, 2.45) is 5.92 Å². The van der Waals surface area contributed by atoms with Crippen LogP contribution < -0.4 is 5.32 Å². The van der Waals surface area contributed by atoms with Gasteiger partial charge in [0.25, 0.3) is 0 Å². The third kappa shape index (κ3) is 3.69. The van der Waals surface area contributed by atoms with E-state index in [0.717, 1.165) is 6.42 Å². The fourth-order valence-corrected chi connectivity index (χ4v) is 3.42. The normalized spacial score (nSPS) is 13.7. The van der Waals surface area contributed by atoms with Crippen LogP contribution >= 0.6 is 0 Å². The number of ether oxygens (including phenoxy) is 1. The van der Waals surface area contributed by atoms with E-state index in [9.17, 15) is 4.79 Å². The highest BCUT2D eigenvalue weighted by Crippen LogP contribution is 2.44. The Bertz CT molecular complexity index is 758. The molecule has 1 N–H and O–H groups in total. The molecule has 0 heterocycles. The molecule has 25 heavy (non-hydrogen) atoms. The summed E-state index contributed by atoms with van der Waals surface area (Å²) in [5.74, 6) is 3.09. The molecule has 0 bridgehead atoms. The van der Waals surface area contributed by atoms with Crippen molar-refractivity contribution >= 4 is 6.09 Å². The first-order valence-corrected chi connectivity index (χ1v) is 8.67. The van der Waals surface area contributed by atoms with E-state index in [2.05, 4.69) is 49.4 Å². The minimum Gasteiger partial charge on any atom is -0.449 e. The number of hydrogen-bond donors (Lipinski definition) is 1. The maximum atomic E-state index is 12.1. The van der Waals surface area contributed by atoms with Gasteiger partial charge in [0.2, 0.25) is 0 Å². The first kappa shape index (κ1) is 17.1. The molecule has 0 radical (unpaired) electrons. The largest absolute Gasteiger partial charge is 0.449 e. The second kappa shape index (κ2) is 7.44.